The molecule has 1 aromatic carbocycles. The summed E-state index contributed by atoms with van der Waals surface area (Å²) >= 11 is 0. The van der Waals surface area contributed by atoms with Crippen LogP contribution in [0.3, 0.4) is 0 Å². The molecule has 0 aliphatic carbocycles. The van der Waals surface area contributed by atoms with Gasteiger partial charge in [-0.1, -0.05) is 11.6 Å². The van der Waals surface area contributed by atoms with Crippen molar-refractivity contribution in [2.45, 2.75) is 6.92 Å². The van der Waals surface area contributed by atoms with Crippen LogP contribution in [0.2, 0.25) is 0 Å². The average Bonchev–Trinajstić information content (AvgIpc) is 2.58. The van der Waals surface area contributed by atoms with Crippen LogP contribution in [0.4, 0.5) is 0 Å². The minimum atomic E-state index is -0.385. The normalized spacial score (nSPS) is 11.0. The number of amides is 1. The lowest BCUT2D eigenvalue weighted by molar-refractivity contribution is 0.0955. The number of hydrogen-bond donors (Lipinski definition) is 1. The molecule has 0 bridgehead atoms. The van der Waals surface area contributed by atoms with E-state index in [2.05, 4.69) is 15.5 Å². The van der Waals surface area contributed by atoms with Crippen molar-refractivity contribution in [2.24, 2.45) is 5.10 Å². The number of hydrazone groups is 1. The van der Waals surface area contributed by atoms with Crippen molar-refractivity contribution in [3.8, 4) is 0 Å². The molecule has 0 saturated carbocycles. The Morgan fingerprint density at radius 1 is 1.26 bits per heavy atom. The summed E-state index contributed by atoms with van der Waals surface area (Å²) in [7, 11) is 0. The van der Waals surface area contributed by atoms with Crippen LogP contribution in [0.1, 0.15) is 21.5 Å². The monoisotopic (exact) mass is 307 g/mol. The molecule has 0 saturated heterocycles. The number of nitrogens with zero attached hydrogens (tertiary/aromatic N) is 2. The summed E-state index contributed by atoms with van der Waals surface area (Å²) in [6, 6.07) is 8.51. The fourth-order valence-electron chi connectivity index (χ4n) is 2.08. The first-order valence-corrected chi connectivity index (χ1v) is 6.91. The highest BCUT2D eigenvalue weighted by molar-refractivity contribution is 5.95. The summed E-state index contributed by atoms with van der Waals surface area (Å²) in [6.07, 6.45) is 5.62. The predicted octanol–water partition coefficient (Wildman–Crippen LogP) is 2.26. The Labute approximate surface area is 131 Å². The summed E-state index contributed by atoms with van der Waals surface area (Å²) in [5.74, 6) is -0.385. The highest BCUT2D eigenvalue weighted by Gasteiger charge is 2.06. The minimum absolute atomic E-state index is 0.197. The lowest BCUT2D eigenvalue weighted by Crippen LogP contribution is -2.18. The van der Waals surface area contributed by atoms with E-state index < -0.39 is 0 Å². The molecule has 6 heteroatoms. The lowest BCUT2D eigenvalue weighted by atomic mass is 10.1. The quantitative estimate of drug-likeness (QED) is 0.594. The molecule has 0 radical (unpaired) electrons. The van der Waals surface area contributed by atoms with Gasteiger partial charge in [0.05, 0.1) is 17.2 Å². The largest absolute Gasteiger partial charge is 0.463 e. The van der Waals surface area contributed by atoms with Crippen LogP contribution in [0.5, 0.6) is 0 Å². The van der Waals surface area contributed by atoms with Crippen LogP contribution in [0, 0.1) is 6.92 Å². The number of carbonyl (C=O) groups is 1. The van der Waals surface area contributed by atoms with Gasteiger partial charge in [0, 0.05) is 18.0 Å². The van der Waals surface area contributed by atoms with Gasteiger partial charge in [0.15, 0.2) is 0 Å². The van der Waals surface area contributed by atoms with E-state index >= 15 is 0 Å². The third-order valence-corrected chi connectivity index (χ3v) is 3.27. The molecule has 2 heterocycles. The van der Waals surface area contributed by atoms with Crippen LogP contribution in [-0.4, -0.2) is 17.1 Å². The average molecular weight is 307 g/mol. The second-order valence-corrected chi connectivity index (χ2v) is 4.95. The Bertz CT molecular complexity index is 946. The van der Waals surface area contributed by atoms with Crippen molar-refractivity contribution in [3.63, 3.8) is 0 Å². The number of hydrogen-bond acceptors (Lipinski definition) is 5. The summed E-state index contributed by atoms with van der Waals surface area (Å²) in [5.41, 5.74) is 4.33. The third kappa shape index (κ3) is 3.16. The molecule has 6 nitrogen and oxygen atoms in total. The van der Waals surface area contributed by atoms with Crippen molar-refractivity contribution in [1.29, 1.82) is 0 Å². The van der Waals surface area contributed by atoms with E-state index in [4.69, 9.17) is 4.42 Å². The maximum atomic E-state index is 12.4. The molecule has 0 fully saturated rings. The van der Waals surface area contributed by atoms with E-state index in [1.165, 1.54) is 24.9 Å². The smallest absolute Gasteiger partial charge is 0.271 e. The number of aromatic nitrogens is 1. The summed E-state index contributed by atoms with van der Waals surface area (Å²) < 4.78 is 5.41. The van der Waals surface area contributed by atoms with E-state index in [0.29, 0.717) is 16.5 Å². The van der Waals surface area contributed by atoms with Crippen LogP contribution in [0.15, 0.2) is 63.3 Å². The maximum Gasteiger partial charge on any atom is 0.271 e. The molecule has 1 N–H and O–H groups in total. The zero-order valence-electron chi connectivity index (χ0n) is 12.3. The number of carbonyl (C=O) groups excluding carboxylic acids is 1. The van der Waals surface area contributed by atoms with Crippen LogP contribution in [-0.2, 0) is 0 Å². The van der Waals surface area contributed by atoms with E-state index in [-0.39, 0.29) is 16.9 Å². The third-order valence-electron chi connectivity index (χ3n) is 3.27. The number of benzene rings is 1. The molecule has 0 spiro atoms. The number of aryl methyl sites for hydroxylation is 1. The van der Waals surface area contributed by atoms with Crippen LogP contribution >= 0.6 is 0 Å². The Hall–Kier alpha value is -3.28. The first kappa shape index (κ1) is 14.6. The molecule has 0 atom stereocenters. The molecule has 3 aromatic rings. The van der Waals surface area contributed by atoms with E-state index in [0.717, 1.165) is 5.56 Å². The molecular formula is C17H13N3O3. The molecule has 1 amide bonds. The molecule has 114 valence electrons. The topological polar surface area (TPSA) is 84.6 Å². The highest BCUT2D eigenvalue weighted by Crippen LogP contribution is 2.12. The lowest BCUT2D eigenvalue weighted by Gasteiger charge is -2.00. The molecular weight excluding hydrogens is 294 g/mol. The molecule has 0 aliphatic rings. The number of pyridine rings is 1. The number of rotatable bonds is 3. The van der Waals surface area contributed by atoms with Crippen molar-refractivity contribution >= 4 is 23.1 Å². The number of fused-ring (bicyclic) bond motifs is 1. The summed E-state index contributed by atoms with van der Waals surface area (Å²) in [6.45, 7) is 1.90. The van der Waals surface area contributed by atoms with Gasteiger partial charge in [-0.25, -0.2) is 5.43 Å². The fraction of sp³-hybridized carbons (Fsp3) is 0.0588. The Balaban J connectivity index is 1.83. The van der Waals surface area contributed by atoms with Crippen LogP contribution < -0.4 is 10.9 Å². The Morgan fingerprint density at radius 2 is 2.04 bits per heavy atom. The van der Waals surface area contributed by atoms with Gasteiger partial charge in [0.1, 0.15) is 11.8 Å². The van der Waals surface area contributed by atoms with Gasteiger partial charge < -0.3 is 4.42 Å². The fourth-order valence-corrected chi connectivity index (χ4v) is 2.08. The minimum Gasteiger partial charge on any atom is -0.463 e. The van der Waals surface area contributed by atoms with Crippen molar-refractivity contribution in [3.05, 3.63) is 75.9 Å². The molecule has 0 unspecified atom stereocenters. The zero-order valence-corrected chi connectivity index (χ0v) is 12.3. The van der Waals surface area contributed by atoms with Crippen molar-refractivity contribution in [2.75, 3.05) is 0 Å². The van der Waals surface area contributed by atoms with Crippen LogP contribution in [0.25, 0.3) is 11.0 Å². The van der Waals surface area contributed by atoms with Crippen molar-refractivity contribution in [1.82, 2.24) is 10.4 Å². The van der Waals surface area contributed by atoms with Crippen molar-refractivity contribution < 1.29 is 9.21 Å². The van der Waals surface area contributed by atoms with E-state index in [1.807, 2.05) is 13.0 Å². The highest BCUT2D eigenvalue weighted by atomic mass is 16.3. The summed E-state index contributed by atoms with van der Waals surface area (Å²) in [5, 5.41) is 4.28. The molecule has 3 rings (SSSR count). The van der Waals surface area contributed by atoms with Gasteiger partial charge in [-0.15, -0.1) is 0 Å². The van der Waals surface area contributed by atoms with E-state index in [9.17, 15) is 9.59 Å². The predicted molar refractivity (Wildman–Crippen MR) is 86.5 cm³/mol. The van der Waals surface area contributed by atoms with Gasteiger partial charge in [-0.05, 0) is 31.2 Å². The van der Waals surface area contributed by atoms with E-state index in [1.54, 1.807) is 24.3 Å². The van der Waals surface area contributed by atoms with Gasteiger partial charge >= 0.3 is 0 Å². The second kappa shape index (κ2) is 6.23. The second-order valence-electron chi connectivity index (χ2n) is 4.95. The standard InChI is InChI=1S/C17H13N3O3/c1-11-2-3-15-14(8-11)16(21)13(10-23-15)9-19-20-17(22)12-4-6-18-7-5-12/h2-10H,1H3,(H,20,22). The molecule has 2 aromatic heterocycles. The van der Waals surface area contributed by atoms with Gasteiger partial charge in [-0.3, -0.25) is 14.6 Å². The zero-order chi connectivity index (χ0) is 16.2. The maximum absolute atomic E-state index is 12.4. The van der Waals surface area contributed by atoms with Gasteiger partial charge in [0.2, 0.25) is 5.43 Å². The number of nitrogens with one attached hydrogen (secondary N) is 1. The van der Waals surface area contributed by atoms with Gasteiger partial charge in [0.25, 0.3) is 5.91 Å². The SMILES string of the molecule is Cc1ccc2occ(C=NNC(=O)c3ccncc3)c(=O)c2c1. The summed E-state index contributed by atoms with van der Waals surface area (Å²) in [4.78, 5) is 28.0. The molecule has 0 aliphatic heterocycles. The molecule has 23 heavy (non-hydrogen) atoms. The van der Waals surface area contributed by atoms with Gasteiger partial charge in [-0.2, -0.15) is 5.10 Å². The Kier molecular flexibility index (Phi) is 3.97. The first-order chi connectivity index (χ1) is 11.1. The Morgan fingerprint density at radius 3 is 2.83 bits per heavy atom. The first-order valence-electron chi connectivity index (χ1n) is 6.91.